The third-order valence-corrected chi connectivity index (χ3v) is 6.98. The summed E-state index contributed by atoms with van der Waals surface area (Å²) in [6, 6.07) is 12.3. The van der Waals surface area contributed by atoms with Crippen LogP contribution in [0, 0.1) is 0 Å². The number of benzene rings is 1. The largest absolute Gasteiger partial charge is 0.0909 e. The molecule has 19 heavy (non-hydrogen) atoms. The van der Waals surface area contributed by atoms with E-state index < -0.39 is 8.07 Å². The van der Waals surface area contributed by atoms with Gasteiger partial charge in [-0.2, -0.15) is 0 Å². The number of hydrogen-bond donors (Lipinski definition) is 0. The molecule has 0 fully saturated rings. The molecule has 0 aromatic heterocycles. The van der Waals surface area contributed by atoms with E-state index >= 15 is 0 Å². The molecule has 0 aliphatic heterocycles. The molecule has 0 saturated carbocycles. The van der Waals surface area contributed by atoms with E-state index in [1.165, 1.54) is 44.6 Å². The summed E-state index contributed by atoms with van der Waals surface area (Å²) in [6.45, 7) is 7.21. The van der Waals surface area contributed by atoms with E-state index in [1.807, 2.05) is 0 Å². The highest BCUT2D eigenvalue weighted by molar-refractivity contribution is 6.90. The molecule has 1 aromatic rings. The van der Waals surface area contributed by atoms with E-state index in [0.29, 0.717) is 0 Å². The Morgan fingerprint density at radius 2 is 1.58 bits per heavy atom. The van der Waals surface area contributed by atoms with Crippen LogP contribution in [0.3, 0.4) is 0 Å². The van der Waals surface area contributed by atoms with Gasteiger partial charge in [-0.05, 0) is 18.9 Å². The van der Waals surface area contributed by atoms with Gasteiger partial charge in [-0.15, -0.1) is 0 Å². The van der Waals surface area contributed by atoms with E-state index in [1.54, 1.807) is 5.19 Å². The van der Waals surface area contributed by atoms with Crippen molar-refractivity contribution in [2.75, 3.05) is 0 Å². The number of unbranched alkanes of at least 4 members (excludes halogenated alkanes) is 5. The maximum absolute atomic E-state index is 2.47. The van der Waals surface area contributed by atoms with Gasteiger partial charge in [-0.25, -0.2) is 0 Å². The van der Waals surface area contributed by atoms with Crippen molar-refractivity contribution in [3.05, 3.63) is 42.5 Å². The van der Waals surface area contributed by atoms with Crippen molar-refractivity contribution in [3.63, 3.8) is 0 Å². The Bertz CT molecular complexity index is 351. The predicted molar refractivity (Wildman–Crippen MR) is 90.9 cm³/mol. The fourth-order valence-electron chi connectivity index (χ4n) is 2.37. The van der Waals surface area contributed by atoms with Crippen molar-refractivity contribution in [1.82, 2.24) is 0 Å². The number of hydrogen-bond acceptors (Lipinski definition) is 0. The molecule has 106 valence electrons. The molecule has 0 N–H and O–H groups in total. The van der Waals surface area contributed by atoms with Gasteiger partial charge < -0.3 is 0 Å². The Hall–Kier alpha value is -0.823. The van der Waals surface area contributed by atoms with E-state index in [9.17, 15) is 0 Å². The molecule has 1 heteroatoms. The first-order valence-electron chi connectivity index (χ1n) is 7.87. The zero-order chi connectivity index (χ0) is 14.0. The molecule has 0 unspecified atom stereocenters. The zero-order valence-corrected chi connectivity index (χ0v) is 14.0. The van der Waals surface area contributed by atoms with Crippen molar-refractivity contribution in [1.29, 1.82) is 0 Å². The first kappa shape index (κ1) is 16.2. The second-order valence-corrected chi connectivity index (χ2v) is 10.9. The summed E-state index contributed by atoms with van der Waals surface area (Å²) >= 11 is 0. The molecule has 0 saturated heterocycles. The first-order valence-corrected chi connectivity index (χ1v) is 11.1. The Morgan fingerprint density at radius 1 is 0.895 bits per heavy atom. The van der Waals surface area contributed by atoms with E-state index in [2.05, 4.69) is 62.5 Å². The second-order valence-electron chi connectivity index (χ2n) is 6.13. The van der Waals surface area contributed by atoms with Gasteiger partial charge in [0.15, 0.2) is 0 Å². The Morgan fingerprint density at radius 3 is 2.26 bits per heavy atom. The Balaban J connectivity index is 2.24. The van der Waals surface area contributed by atoms with Crippen LogP contribution in [-0.4, -0.2) is 8.07 Å². The van der Waals surface area contributed by atoms with Crippen LogP contribution in [0.5, 0.6) is 0 Å². The minimum Gasteiger partial charge on any atom is -0.0909 e. The van der Waals surface area contributed by atoms with E-state index in [0.717, 1.165) is 0 Å². The molecule has 0 atom stereocenters. The maximum Gasteiger partial charge on any atom is 0.0843 e. The summed E-state index contributed by atoms with van der Waals surface area (Å²) in [5.41, 5.74) is 0. The van der Waals surface area contributed by atoms with Crippen molar-refractivity contribution in [2.24, 2.45) is 0 Å². The average molecular weight is 275 g/mol. The van der Waals surface area contributed by atoms with E-state index in [4.69, 9.17) is 0 Å². The van der Waals surface area contributed by atoms with Crippen LogP contribution in [0.15, 0.2) is 42.5 Å². The third kappa shape index (κ3) is 6.77. The summed E-state index contributed by atoms with van der Waals surface area (Å²) in [6.07, 6.45) is 13.0. The van der Waals surface area contributed by atoms with Crippen molar-refractivity contribution in [3.8, 4) is 0 Å². The van der Waals surface area contributed by atoms with Gasteiger partial charge in [0.25, 0.3) is 0 Å². The standard InChI is InChI=1S/C18H30Si/c1-4-5-6-7-8-9-10-14-17-19(2,3)18-15-12-11-13-16-18/h10-16H,4-9,17H2,1-3H3/b14-10-. The lowest BCUT2D eigenvalue weighted by Crippen LogP contribution is -2.40. The SMILES string of the molecule is CCCCCCC/C=C\C[Si](C)(C)c1ccccc1. The van der Waals surface area contributed by atoms with Crippen molar-refractivity contribution < 1.29 is 0 Å². The van der Waals surface area contributed by atoms with Gasteiger partial charge >= 0.3 is 0 Å². The van der Waals surface area contributed by atoms with Gasteiger partial charge in [-0.3, -0.25) is 0 Å². The topological polar surface area (TPSA) is 0 Å². The molecule has 0 bridgehead atoms. The first-order chi connectivity index (χ1) is 9.17. The van der Waals surface area contributed by atoms with Crippen molar-refractivity contribution >= 4 is 13.3 Å². The maximum atomic E-state index is 2.47. The van der Waals surface area contributed by atoms with Crippen LogP contribution >= 0.6 is 0 Å². The van der Waals surface area contributed by atoms with Gasteiger partial charge in [0.05, 0.1) is 8.07 Å². The Labute approximate surface area is 121 Å². The predicted octanol–water partition coefficient (Wildman–Crippen LogP) is 5.52. The molecule has 1 aromatic carbocycles. The summed E-state index contributed by atoms with van der Waals surface area (Å²) in [5, 5.41) is 1.57. The number of allylic oxidation sites excluding steroid dienone is 2. The summed E-state index contributed by atoms with van der Waals surface area (Å²) in [4.78, 5) is 0. The molecule has 0 heterocycles. The van der Waals surface area contributed by atoms with Gasteiger partial charge in [0.1, 0.15) is 0 Å². The van der Waals surface area contributed by atoms with Crippen LogP contribution in [0.1, 0.15) is 45.4 Å². The molecule has 0 nitrogen and oxygen atoms in total. The van der Waals surface area contributed by atoms with Crippen LogP contribution in [-0.2, 0) is 0 Å². The normalized spacial score (nSPS) is 12.2. The lowest BCUT2D eigenvalue weighted by Gasteiger charge is -2.20. The van der Waals surface area contributed by atoms with Crippen LogP contribution < -0.4 is 5.19 Å². The van der Waals surface area contributed by atoms with Crippen LogP contribution in [0.25, 0.3) is 0 Å². The molecule has 0 amide bonds. The lowest BCUT2D eigenvalue weighted by atomic mass is 10.1. The fraction of sp³-hybridized carbons (Fsp3) is 0.556. The molecule has 0 radical (unpaired) electrons. The Kier molecular flexibility index (Phi) is 7.81. The summed E-state index contributed by atoms with van der Waals surface area (Å²) in [7, 11) is -1.25. The lowest BCUT2D eigenvalue weighted by molar-refractivity contribution is 0.637. The number of rotatable bonds is 9. The molecule has 0 aliphatic rings. The fourth-order valence-corrected chi connectivity index (χ4v) is 4.46. The van der Waals surface area contributed by atoms with Crippen LogP contribution in [0.4, 0.5) is 0 Å². The highest BCUT2D eigenvalue weighted by Crippen LogP contribution is 2.12. The monoisotopic (exact) mass is 274 g/mol. The van der Waals surface area contributed by atoms with E-state index in [-0.39, 0.29) is 0 Å². The molecule has 0 spiro atoms. The zero-order valence-electron chi connectivity index (χ0n) is 13.0. The molecule has 0 aliphatic carbocycles. The smallest absolute Gasteiger partial charge is 0.0843 e. The van der Waals surface area contributed by atoms with Gasteiger partial charge in [0.2, 0.25) is 0 Å². The van der Waals surface area contributed by atoms with Crippen LogP contribution in [0.2, 0.25) is 19.1 Å². The average Bonchev–Trinajstić information content (AvgIpc) is 2.43. The molecular formula is C18H30Si. The minimum atomic E-state index is -1.25. The molecular weight excluding hydrogens is 244 g/mol. The van der Waals surface area contributed by atoms with Crippen molar-refractivity contribution in [2.45, 2.75) is 64.6 Å². The third-order valence-electron chi connectivity index (χ3n) is 3.82. The minimum absolute atomic E-state index is 1.25. The quantitative estimate of drug-likeness (QED) is 0.316. The highest BCUT2D eigenvalue weighted by atomic mass is 28.3. The second kappa shape index (κ2) is 9.14. The summed E-state index contributed by atoms with van der Waals surface area (Å²) in [5.74, 6) is 0. The van der Waals surface area contributed by atoms with Gasteiger partial charge in [0, 0.05) is 0 Å². The highest BCUT2D eigenvalue weighted by Gasteiger charge is 2.20. The molecule has 1 rings (SSSR count). The summed E-state index contributed by atoms with van der Waals surface area (Å²) < 4.78 is 0. The van der Waals surface area contributed by atoms with Gasteiger partial charge in [-0.1, -0.05) is 93.4 Å².